The summed E-state index contributed by atoms with van der Waals surface area (Å²) in [5, 5.41) is 10.2. The van der Waals surface area contributed by atoms with Crippen LogP contribution in [0.3, 0.4) is 0 Å². The summed E-state index contributed by atoms with van der Waals surface area (Å²) in [6.45, 7) is 9.30. The first-order chi connectivity index (χ1) is 7.42. The van der Waals surface area contributed by atoms with Gasteiger partial charge in [0.25, 0.3) is 0 Å². The number of nitrogens with zero attached hydrogens (tertiary/aromatic N) is 3. The molecular formula is C12H19N3O. The molecule has 0 aliphatic carbocycles. The third kappa shape index (κ3) is 1.78. The van der Waals surface area contributed by atoms with Crippen LogP contribution >= 0.6 is 0 Å². The Bertz CT molecular complexity index is 397. The molecule has 0 spiro atoms. The molecule has 0 saturated carbocycles. The third-order valence-electron chi connectivity index (χ3n) is 3.35. The normalized spacial score (nSPS) is 18.8. The molecule has 88 valence electrons. The minimum atomic E-state index is -0.558. The predicted molar refractivity (Wildman–Crippen MR) is 63.5 cm³/mol. The fourth-order valence-corrected chi connectivity index (χ4v) is 1.95. The second kappa shape index (κ2) is 3.70. The van der Waals surface area contributed by atoms with Crippen molar-refractivity contribution in [2.75, 3.05) is 18.0 Å². The largest absolute Gasteiger partial charge is 0.386 e. The summed E-state index contributed by atoms with van der Waals surface area (Å²) in [4.78, 5) is 10.9. The molecule has 1 aliphatic heterocycles. The summed E-state index contributed by atoms with van der Waals surface area (Å²) in [6.07, 6.45) is 1.77. The number of hydrogen-bond donors (Lipinski definition) is 1. The molecule has 0 aromatic carbocycles. The van der Waals surface area contributed by atoms with Crippen molar-refractivity contribution in [2.45, 2.75) is 33.3 Å². The number of rotatable bonds is 2. The van der Waals surface area contributed by atoms with Crippen molar-refractivity contribution in [2.24, 2.45) is 5.92 Å². The van der Waals surface area contributed by atoms with Crippen molar-refractivity contribution >= 4 is 5.82 Å². The predicted octanol–water partition coefficient (Wildman–Crippen LogP) is 1.30. The number of aryl methyl sites for hydroxylation is 2. The highest BCUT2D eigenvalue weighted by Crippen LogP contribution is 2.32. The molecule has 4 nitrogen and oxygen atoms in total. The van der Waals surface area contributed by atoms with E-state index in [0.29, 0.717) is 13.1 Å². The topological polar surface area (TPSA) is 49.2 Å². The van der Waals surface area contributed by atoms with Gasteiger partial charge in [0.15, 0.2) is 5.82 Å². The first-order valence-corrected chi connectivity index (χ1v) is 5.70. The van der Waals surface area contributed by atoms with E-state index in [4.69, 9.17) is 0 Å². The maximum Gasteiger partial charge on any atom is 0.150 e. The molecule has 1 aromatic heterocycles. The molecule has 0 amide bonds. The zero-order valence-corrected chi connectivity index (χ0v) is 10.4. The monoisotopic (exact) mass is 221 g/mol. The van der Waals surface area contributed by atoms with E-state index in [0.717, 1.165) is 17.2 Å². The van der Waals surface area contributed by atoms with Crippen molar-refractivity contribution in [1.29, 1.82) is 0 Å². The number of hydrogen-bond acceptors (Lipinski definition) is 4. The molecule has 0 bridgehead atoms. The van der Waals surface area contributed by atoms with Gasteiger partial charge in [-0.3, -0.25) is 4.98 Å². The average molecular weight is 221 g/mol. The molecule has 2 rings (SSSR count). The third-order valence-corrected chi connectivity index (χ3v) is 3.35. The zero-order valence-electron chi connectivity index (χ0n) is 10.4. The summed E-state index contributed by atoms with van der Waals surface area (Å²) < 4.78 is 0. The van der Waals surface area contributed by atoms with Crippen LogP contribution in [0.5, 0.6) is 0 Å². The van der Waals surface area contributed by atoms with Gasteiger partial charge in [-0.25, -0.2) is 4.98 Å². The molecular weight excluding hydrogens is 202 g/mol. The number of aliphatic hydroxyl groups is 1. The van der Waals surface area contributed by atoms with Gasteiger partial charge in [0.1, 0.15) is 5.60 Å². The van der Waals surface area contributed by atoms with E-state index in [1.165, 1.54) is 0 Å². The van der Waals surface area contributed by atoms with Crippen molar-refractivity contribution in [3.63, 3.8) is 0 Å². The van der Waals surface area contributed by atoms with Gasteiger partial charge in [0.05, 0.1) is 24.5 Å². The van der Waals surface area contributed by atoms with Crippen LogP contribution < -0.4 is 4.90 Å². The number of anilines is 1. The lowest BCUT2D eigenvalue weighted by atomic mass is 9.83. The van der Waals surface area contributed by atoms with Crippen LogP contribution in [0.2, 0.25) is 0 Å². The highest BCUT2D eigenvalue weighted by molar-refractivity contribution is 5.47. The second-order valence-corrected chi connectivity index (χ2v) is 5.03. The Balaban J connectivity index is 2.15. The van der Waals surface area contributed by atoms with Gasteiger partial charge in [-0.2, -0.15) is 0 Å². The van der Waals surface area contributed by atoms with Crippen LogP contribution in [0.15, 0.2) is 6.20 Å². The minimum absolute atomic E-state index is 0.279. The van der Waals surface area contributed by atoms with Crippen molar-refractivity contribution in [3.8, 4) is 0 Å². The lowest BCUT2D eigenvalue weighted by Gasteiger charge is -2.49. The van der Waals surface area contributed by atoms with Gasteiger partial charge >= 0.3 is 0 Å². The molecule has 1 saturated heterocycles. The fraction of sp³-hybridized carbons (Fsp3) is 0.667. The van der Waals surface area contributed by atoms with Gasteiger partial charge in [-0.1, -0.05) is 13.8 Å². The summed E-state index contributed by atoms with van der Waals surface area (Å²) in [5.74, 6) is 1.19. The van der Waals surface area contributed by atoms with Gasteiger partial charge < -0.3 is 10.0 Å². The van der Waals surface area contributed by atoms with Crippen molar-refractivity contribution < 1.29 is 5.11 Å². The van der Waals surface area contributed by atoms with Crippen LogP contribution in [0.25, 0.3) is 0 Å². The molecule has 16 heavy (non-hydrogen) atoms. The van der Waals surface area contributed by atoms with Crippen molar-refractivity contribution in [1.82, 2.24) is 9.97 Å². The van der Waals surface area contributed by atoms with E-state index in [1.54, 1.807) is 6.20 Å². The smallest absolute Gasteiger partial charge is 0.150 e. The standard InChI is InChI=1S/C12H19N3O/c1-8(2)12(16)6-15(7-12)11-10(4)13-5-9(3)14-11/h5,8,16H,6-7H2,1-4H3. The Labute approximate surface area is 96.3 Å². The summed E-state index contributed by atoms with van der Waals surface area (Å²) in [6, 6.07) is 0. The SMILES string of the molecule is Cc1cnc(C)c(N2CC(O)(C(C)C)C2)n1. The zero-order chi connectivity index (χ0) is 11.9. The van der Waals surface area contributed by atoms with Gasteiger partial charge in [-0.05, 0) is 19.8 Å². The Morgan fingerprint density at radius 1 is 1.38 bits per heavy atom. The molecule has 2 heterocycles. The van der Waals surface area contributed by atoms with Gasteiger partial charge in [-0.15, -0.1) is 0 Å². The highest BCUT2D eigenvalue weighted by atomic mass is 16.3. The summed E-state index contributed by atoms with van der Waals surface area (Å²) >= 11 is 0. The number of β-amino-alcohol motifs (C(OH)–C–C–N with tert-alkyl or cyclic N) is 1. The summed E-state index contributed by atoms with van der Waals surface area (Å²) in [5.41, 5.74) is 1.29. The molecule has 1 N–H and O–H groups in total. The molecule has 0 atom stereocenters. The Morgan fingerprint density at radius 3 is 2.56 bits per heavy atom. The van der Waals surface area contributed by atoms with Crippen LogP contribution in [-0.2, 0) is 0 Å². The van der Waals surface area contributed by atoms with E-state index >= 15 is 0 Å². The van der Waals surface area contributed by atoms with E-state index in [2.05, 4.69) is 14.9 Å². The van der Waals surface area contributed by atoms with E-state index in [9.17, 15) is 5.11 Å². The van der Waals surface area contributed by atoms with Crippen LogP contribution in [0.4, 0.5) is 5.82 Å². The Morgan fingerprint density at radius 2 is 2.00 bits per heavy atom. The summed E-state index contributed by atoms with van der Waals surface area (Å²) in [7, 11) is 0. The van der Waals surface area contributed by atoms with Crippen LogP contribution in [0, 0.1) is 19.8 Å². The molecule has 0 unspecified atom stereocenters. The average Bonchev–Trinajstić information content (AvgIpc) is 2.17. The fourth-order valence-electron chi connectivity index (χ4n) is 1.95. The molecule has 1 fully saturated rings. The maximum atomic E-state index is 10.2. The Kier molecular flexibility index (Phi) is 2.62. The first kappa shape index (κ1) is 11.3. The lowest BCUT2D eigenvalue weighted by Crippen LogP contribution is -2.65. The van der Waals surface area contributed by atoms with E-state index in [-0.39, 0.29) is 5.92 Å². The van der Waals surface area contributed by atoms with Crippen LogP contribution in [-0.4, -0.2) is 33.8 Å². The first-order valence-electron chi connectivity index (χ1n) is 5.70. The molecule has 4 heteroatoms. The minimum Gasteiger partial charge on any atom is -0.386 e. The Hall–Kier alpha value is -1.16. The quantitative estimate of drug-likeness (QED) is 0.818. The van der Waals surface area contributed by atoms with Crippen LogP contribution in [0.1, 0.15) is 25.2 Å². The second-order valence-electron chi connectivity index (χ2n) is 5.03. The highest BCUT2D eigenvalue weighted by Gasteiger charge is 2.44. The van der Waals surface area contributed by atoms with Gasteiger partial charge in [0, 0.05) is 6.20 Å². The molecule has 1 aromatic rings. The molecule has 0 radical (unpaired) electrons. The van der Waals surface area contributed by atoms with E-state index < -0.39 is 5.60 Å². The van der Waals surface area contributed by atoms with E-state index in [1.807, 2.05) is 27.7 Å². The van der Waals surface area contributed by atoms with Crippen molar-refractivity contribution in [3.05, 3.63) is 17.6 Å². The van der Waals surface area contributed by atoms with Gasteiger partial charge in [0.2, 0.25) is 0 Å². The molecule has 1 aliphatic rings. The maximum absolute atomic E-state index is 10.2. The lowest BCUT2D eigenvalue weighted by molar-refractivity contribution is -0.0305. The number of aromatic nitrogens is 2.